The summed E-state index contributed by atoms with van der Waals surface area (Å²) >= 11 is 3.05. The van der Waals surface area contributed by atoms with E-state index >= 15 is 0 Å². The van der Waals surface area contributed by atoms with Crippen LogP contribution in [0.1, 0.15) is 20.3 Å². The fourth-order valence-corrected chi connectivity index (χ4v) is 1.16. The Morgan fingerprint density at radius 1 is 1.50 bits per heavy atom. The summed E-state index contributed by atoms with van der Waals surface area (Å²) in [5.74, 6) is -1.37. The molecule has 0 heterocycles. The van der Waals surface area contributed by atoms with E-state index < -0.39 is 11.8 Å². The van der Waals surface area contributed by atoms with E-state index in [4.69, 9.17) is 10.2 Å². The highest BCUT2D eigenvalue weighted by molar-refractivity contribution is 9.10. The van der Waals surface area contributed by atoms with Gasteiger partial charge in [-0.05, 0) is 24.1 Å². The van der Waals surface area contributed by atoms with E-state index in [1.54, 1.807) is 6.07 Å². The van der Waals surface area contributed by atoms with Crippen molar-refractivity contribution >= 4 is 21.9 Å². The van der Waals surface area contributed by atoms with Crippen molar-refractivity contribution in [1.82, 2.24) is 0 Å². The Balaban J connectivity index is 0.000000293. The molecule has 0 aromatic heterocycles. The Bertz CT molecular complexity index is 353. The lowest BCUT2D eigenvalue weighted by molar-refractivity contribution is -0.137. The van der Waals surface area contributed by atoms with Crippen LogP contribution >= 0.6 is 15.9 Å². The topological polar surface area (TPSA) is 57.5 Å². The number of carbonyl (C=O) groups is 1. The van der Waals surface area contributed by atoms with E-state index in [-0.39, 0.29) is 18.1 Å². The van der Waals surface area contributed by atoms with Crippen LogP contribution in [-0.2, 0) is 4.79 Å². The molecule has 5 heteroatoms. The van der Waals surface area contributed by atoms with Crippen molar-refractivity contribution in [2.24, 2.45) is 5.92 Å². The highest BCUT2D eigenvalue weighted by atomic mass is 79.9. The summed E-state index contributed by atoms with van der Waals surface area (Å²) in [7, 11) is 0. The molecule has 0 fully saturated rings. The van der Waals surface area contributed by atoms with Crippen LogP contribution in [0.4, 0.5) is 4.39 Å². The van der Waals surface area contributed by atoms with Gasteiger partial charge in [-0.25, -0.2) is 4.39 Å². The van der Waals surface area contributed by atoms with Crippen LogP contribution in [0.25, 0.3) is 0 Å². The molecular formula is C11H14BrFO3. The maximum atomic E-state index is 12.3. The molecule has 0 unspecified atom stereocenters. The van der Waals surface area contributed by atoms with Gasteiger partial charge in [-0.2, -0.15) is 0 Å². The molecule has 16 heavy (non-hydrogen) atoms. The number of aliphatic carboxylic acids is 1. The largest absolute Gasteiger partial charge is 0.505 e. The highest BCUT2D eigenvalue weighted by Gasteiger charge is 1.98. The number of phenolic OH excluding ortho intramolecular Hbond substituents is 1. The summed E-state index contributed by atoms with van der Waals surface area (Å²) in [5, 5.41) is 16.7. The monoisotopic (exact) mass is 292 g/mol. The second-order valence-electron chi connectivity index (χ2n) is 3.59. The summed E-state index contributed by atoms with van der Waals surface area (Å²) in [6, 6.07) is 4.06. The van der Waals surface area contributed by atoms with Crippen molar-refractivity contribution in [3.05, 3.63) is 28.5 Å². The van der Waals surface area contributed by atoms with Crippen molar-refractivity contribution in [1.29, 1.82) is 0 Å². The summed E-state index contributed by atoms with van der Waals surface area (Å²) in [4.78, 5) is 9.81. The first-order valence-corrected chi connectivity index (χ1v) is 5.48. The number of hydrogen-bond acceptors (Lipinski definition) is 2. The Kier molecular flexibility index (Phi) is 6.72. The van der Waals surface area contributed by atoms with Gasteiger partial charge in [-0.3, -0.25) is 4.79 Å². The number of carboxylic acids is 1. The van der Waals surface area contributed by atoms with Gasteiger partial charge in [0.05, 0.1) is 0 Å². The fraction of sp³-hybridized carbons (Fsp3) is 0.364. The lowest BCUT2D eigenvalue weighted by Crippen LogP contribution is -1.99. The lowest BCUT2D eigenvalue weighted by Gasteiger charge is -1.94. The van der Waals surface area contributed by atoms with Crippen molar-refractivity contribution in [2.45, 2.75) is 20.3 Å². The molecule has 0 aliphatic rings. The predicted octanol–water partition coefficient (Wildman–Crippen LogP) is 3.41. The summed E-state index contributed by atoms with van der Waals surface area (Å²) in [5.41, 5.74) is 0. The first-order valence-electron chi connectivity index (χ1n) is 4.68. The minimum atomic E-state index is -0.713. The molecule has 1 aromatic carbocycles. The number of benzene rings is 1. The molecule has 0 bridgehead atoms. The van der Waals surface area contributed by atoms with Gasteiger partial charge >= 0.3 is 5.97 Å². The van der Waals surface area contributed by atoms with Crippen LogP contribution in [0, 0.1) is 11.7 Å². The van der Waals surface area contributed by atoms with Crippen LogP contribution in [-0.4, -0.2) is 16.2 Å². The van der Waals surface area contributed by atoms with Crippen LogP contribution in [0.15, 0.2) is 22.7 Å². The summed E-state index contributed by atoms with van der Waals surface area (Å²) in [6.45, 7) is 3.77. The molecule has 0 amide bonds. The minimum absolute atomic E-state index is 0.275. The summed E-state index contributed by atoms with van der Waals surface area (Å²) in [6.07, 6.45) is 0.278. The molecule has 1 aromatic rings. The van der Waals surface area contributed by atoms with Crippen molar-refractivity contribution in [3.63, 3.8) is 0 Å². The molecule has 0 aliphatic carbocycles. The second-order valence-corrected chi connectivity index (χ2v) is 4.50. The lowest BCUT2D eigenvalue weighted by atomic mass is 10.1. The van der Waals surface area contributed by atoms with Crippen LogP contribution in [0.5, 0.6) is 5.75 Å². The Morgan fingerprint density at radius 2 is 2.06 bits per heavy atom. The van der Waals surface area contributed by atoms with Gasteiger partial charge in [0.1, 0.15) is 0 Å². The van der Waals surface area contributed by atoms with E-state index in [0.29, 0.717) is 4.47 Å². The molecule has 0 spiro atoms. The highest BCUT2D eigenvalue weighted by Crippen LogP contribution is 2.19. The standard InChI is InChI=1S/C6H4BrFO.C5H10O2/c7-4-1-2-6(9)5(8)3-4;1-4(2)3-5(6)7/h1-3,9H;4H,3H2,1-2H3,(H,6,7). The van der Waals surface area contributed by atoms with Crippen LogP contribution in [0.2, 0.25) is 0 Å². The molecular weight excluding hydrogens is 279 g/mol. The Labute approximate surface area is 102 Å². The maximum Gasteiger partial charge on any atom is 0.303 e. The number of rotatable bonds is 2. The van der Waals surface area contributed by atoms with E-state index in [1.807, 2.05) is 13.8 Å². The third kappa shape index (κ3) is 7.23. The number of halogens is 2. The summed E-state index contributed by atoms with van der Waals surface area (Å²) < 4.78 is 12.9. The first kappa shape index (κ1) is 14.9. The molecule has 1 rings (SSSR count). The van der Waals surface area contributed by atoms with Crippen molar-refractivity contribution < 1.29 is 19.4 Å². The number of hydrogen-bond donors (Lipinski definition) is 2. The zero-order valence-electron chi connectivity index (χ0n) is 9.08. The van der Waals surface area contributed by atoms with Gasteiger partial charge in [0.15, 0.2) is 11.6 Å². The second kappa shape index (κ2) is 7.22. The number of carboxylic acid groups (broad SMARTS) is 1. The average Bonchev–Trinajstić information content (AvgIpc) is 2.10. The molecule has 0 saturated carbocycles. The van der Waals surface area contributed by atoms with Gasteiger partial charge in [-0.1, -0.05) is 29.8 Å². The average molecular weight is 293 g/mol. The third-order valence-electron chi connectivity index (χ3n) is 1.49. The van der Waals surface area contributed by atoms with Gasteiger partial charge < -0.3 is 10.2 Å². The SMILES string of the molecule is CC(C)CC(=O)O.Oc1ccc(Br)cc1F. The minimum Gasteiger partial charge on any atom is -0.505 e. The number of phenols is 1. The third-order valence-corrected chi connectivity index (χ3v) is 1.99. The molecule has 3 nitrogen and oxygen atoms in total. The van der Waals surface area contributed by atoms with Crippen LogP contribution in [0.3, 0.4) is 0 Å². The van der Waals surface area contributed by atoms with Gasteiger partial charge in [0.25, 0.3) is 0 Å². The van der Waals surface area contributed by atoms with E-state index in [9.17, 15) is 9.18 Å². The van der Waals surface area contributed by atoms with Gasteiger partial charge in [0.2, 0.25) is 0 Å². The first-order chi connectivity index (χ1) is 7.32. The molecule has 0 radical (unpaired) electrons. The fourth-order valence-electron chi connectivity index (χ4n) is 0.831. The zero-order valence-corrected chi connectivity index (χ0v) is 10.7. The molecule has 2 N–H and O–H groups in total. The Morgan fingerprint density at radius 3 is 2.31 bits per heavy atom. The van der Waals surface area contributed by atoms with E-state index in [1.165, 1.54) is 12.1 Å². The van der Waals surface area contributed by atoms with Gasteiger partial charge in [-0.15, -0.1) is 0 Å². The van der Waals surface area contributed by atoms with Crippen molar-refractivity contribution in [3.8, 4) is 5.75 Å². The predicted molar refractivity (Wildman–Crippen MR) is 62.9 cm³/mol. The Hall–Kier alpha value is -1.10. The normalized spacial score (nSPS) is 9.56. The van der Waals surface area contributed by atoms with Crippen LogP contribution < -0.4 is 0 Å². The maximum absolute atomic E-state index is 12.3. The van der Waals surface area contributed by atoms with E-state index in [0.717, 1.165) is 0 Å². The number of aromatic hydroxyl groups is 1. The molecule has 0 aliphatic heterocycles. The van der Waals surface area contributed by atoms with Gasteiger partial charge in [0, 0.05) is 10.9 Å². The molecule has 0 saturated heterocycles. The van der Waals surface area contributed by atoms with Crippen molar-refractivity contribution in [2.75, 3.05) is 0 Å². The van der Waals surface area contributed by atoms with E-state index in [2.05, 4.69) is 15.9 Å². The smallest absolute Gasteiger partial charge is 0.303 e. The molecule has 90 valence electrons. The molecule has 0 atom stereocenters. The zero-order chi connectivity index (χ0) is 12.7. The quantitative estimate of drug-likeness (QED) is 0.878.